The van der Waals surface area contributed by atoms with Gasteiger partial charge in [-0.3, -0.25) is 14.3 Å². The lowest BCUT2D eigenvalue weighted by Gasteiger charge is -2.34. The zero-order valence-corrected chi connectivity index (χ0v) is 15.8. The Morgan fingerprint density at radius 1 is 1.33 bits per heavy atom. The number of hydrogen-bond acceptors (Lipinski definition) is 5. The van der Waals surface area contributed by atoms with Crippen molar-refractivity contribution in [3.05, 3.63) is 35.3 Å². The fourth-order valence-corrected chi connectivity index (χ4v) is 3.60. The summed E-state index contributed by atoms with van der Waals surface area (Å²) in [6, 6.07) is 1.96. The molecule has 8 nitrogen and oxygen atoms in total. The summed E-state index contributed by atoms with van der Waals surface area (Å²) in [5.74, 6) is 0.904. The molecule has 0 unspecified atom stereocenters. The minimum absolute atomic E-state index is 0.0901. The molecule has 0 saturated heterocycles. The number of aromatic nitrogens is 3. The molecule has 0 atom stereocenters. The highest BCUT2D eigenvalue weighted by Gasteiger charge is 2.31. The van der Waals surface area contributed by atoms with Crippen molar-refractivity contribution in [2.75, 3.05) is 6.54 Å². The number of fused-ring (bicyclic) bond motifs is 1. The van der Waals surface area contributed by atoms with Crippen LogP contribution in [-0.2, 0) is 24.4 Å². The molecule has 1 aliphatic heterocycles. The zero-order chi connectivity index (χ0) is 19.0. The van der Waals surface area contributed by atoms with Crippen molar-refractivity contribution in [2.24, 2.45) is 5.92 Å². The Labute approximate surface area is 157 Å². The van der Waals surface area contributed by atoms with E-state index < -0.39 is 0 Å². The maximum Gasteiger partial charge on any atom is 0.273 e. The molecule has 2 aromatic rings. The predicted molar refractivity (Wildman–Crippen MR) is 96.7 cm³/mol. The molecular formula is C19H25N5O3. The van der Waals surface area contributed by atoms with Crippen molar-refractivity contribution >= 4 is 11.8 Å². The molecule has 27 heavy (non-hydrogen) atoms. The average molecular weight is 371 g/mol. The molecule has 0 radical (unpaired) electrons. The molecule has 8 heteroatoms. The lowest BCUT2D eigenvalue weighted by Crippen LogP contribution is -2.43. The highest BCUT2D eigenvalue weighted by atomic mass is 16.3. The summed E-state index contributed by atoms with van der Waals surface area (Å²) in [5, 5.41) is 7.41. The SMILES string of the molecule is CC(C)c1ocnc1C(=O)NCc1cc2n(n1)CCN(C(=O)C1CCC1)C2. The van der Waals surface area contributed by atoms with E-state index >= 15 is 0 Å². The second-order valence-corrected chi connectivity index (χ2v) is 7.64. The summed E-state index contributed by atoms with van der Waals surface area (Å²) < 4.78 is 7.24. The number of carbonyl (C=O) groups excluding carboxylic acids is 2. The quantitative estimate of drug-likeness (QED) is 0.868. The van der Waals surface area contributed by atoms with Gasteiger partial charge in [-0.2, -0.15) is 5.10 Å². The van der Waals surface area contributed by atoms with Crippen molar-refractivity contribution in [1.29, 1.82) is 0 Å². The first-order chi connectivity index (χ1) is 13.0. The van der Waals surface area contributed by atoms with Crippen LogP contribution in [0.5, 0.6) is 0 Å². The van der Waals surface area contributed by atoms with Crippen molar-refractivity contribution in [3.63, 3.8) is 0 Å². The summed E-state index contributed by atoms with van der Waals surface area (Å²) in [4.78, 5) is 30.8. The number of rotatable bonds is 5. The second-order valence-electron chi connectivity index (χ2n) is 7.64. The maximum atomic E-state index is 12.5. The van der Waals surface area contributed by atoms with E-state index in [9.17, 15) is 9.59 Å². The molecule has 1 N–H and O–H groups in total. The van der Waals surface area contributed by atoms with Gasteiger partial charge in [-0.05, 0) is 18.9 Å². The van der Waals surface area contributed by atoms with Gasteiger partial charge in [-0.25, -0.2) is 4.98 Å². The summed E-state index contributed by atoms with van der Waals surface area (Å²) in [5.41, 5.74) is 2.12. The van der Waals surface area contributed by atoms with Crippen LogP contribution in [0.3, 0.4) is 0 Å². The number of nitrogens with zero attached hydrogens (tertiary/aromatic N) is 4. The number of hydrogen-bond donors (Lipinski definition) is 1. The van der Waals surface area contributed by atoms with Crippen LogP contribution in [0.25, 0.3) is 0 Å². The first-order valence-corrected chi connectivity index (χ1v) is 9.59. The number of amides is 2. The third-order valence-corrected chi connectivity index (χ3v) is 5.38. The zero-order valence-electron chi connectivity index (χ0n) is 15.8. The van der Waals surface area contributed by atoms with Gasteiger partial charge in [0.05, 0.1) is 31.0 Å². The molecule has 4 rings (SSSR count). The molecule has 2 amide bonds. The molecule has 1 fully saturated rings. The minimum Gasteiger partial charge on any atom is -0.447 e. The fraction of sp³-hybridized carbons (Fsp3) is 0.579. The molecule has 144 valence electrons. The molecule has 1 aliphatic carbocycles. The van der Waals surface area contributed by atoms with Crippen LogP contribution in [0, 0.1) is 5.92 Å². The Morgan fingerprint density at radius 3 is 2.85 bits per heavy atom. The van der Waals surface area contributed by atoms with E-state index in [0.717, 1.165) is 30.7 Å². The van der Waals surface area contributed by atoms with E-state index in [1.807, 2.05) is 29.5 Å². The molecule has 0 spiro atoms. The van der Waals surface area contributed by atoms with Gasteiger partial charge >= 0.3 is 0 Å². The van der Waals surface area contributed by atoms with Crippen molar-refractivity contribution in [1.82, 2.24) is 25.0 Å². The standard InChI is InChI=1S/C19H25N5O3/c1-12(2)17-16(21-11-27-17)18(25)20-9-14-8-15-10-23(6-7-24(15)22-14)19(26)13-4-3-5-13/h8,11-13H,3-7,9-10H2,1-2H3,(H,20,25). The lowest BCUT2D eigenvalue weighted by molar-refractivity contribution is -0.139. The van der Waals surface area contributed by atoms with Crippen LogP contribution < -0.4 is 5.32 Å². The summed E-state index contributed by atoms with van der Waals surface area (Å²) in [7, 11) is 0. The largest absolute Gasteiger partial charge is 0.447 e. The van der Waals surface area contributed by atoms with Crippen LogP contribution in [0.4, 0.5) is 0 Å². The van der Waals surface area contributed by atoms with E-state index in [1.54, 1.807) is 0 Å². The third kappa shape index (κ3) is 3.48. The summed E-state index contributed by atoms with van der Waals surface area (Å²) >= 11 is 0. The lowest BCUT2D eigenvalue weighted by atomic mass is 9.84. The van der Waals surface area contributed by atoms with Gasteiger partial charge in [0.15, 0.2) is 12.1 Å². The maximum absolute atomic E-state index is 12.5. The van der Waals surface area contributed by atoms with Gasteiger partial charge in [-0.15, -0.1) is 0 Å². The summed E-state index contributed by atoms with van der Waals surface area (Å²) in [6.07, 6.45) is 4.50. The van der Waals surface area contributed by atoms with Crippen LogP contribution >= 0.6 is 0 Å². The van der Waals surface area contributed by atoms with Crippen molar-refractivity contribution in [3.8, 4) is 0 Å². The van der Waals surface area contributed by atoms with Crippen molar-refractivity contribution < 1.29 is 14.0 Å². The second kappa shape index (κ2) is 7.17. The molecule has 2 aromatic heterocycles. The van der Waals surface area contributed by atoms with Gasteiger partial charge in [-0.1, -0.05) is 20.3 Å². The molecular weight excluding hydrogens is 346 g/mol. The normalized spacial score (nSPS) is 16.9. The van der Waals surface area contributed by atoms with Gasteiger partial charge in [0.2, 0.25) is 5.91 Å². The van der Waals surface area contributed by atoms with Gasteiger partial charge in [0.25, 0.3) is 5.91 Å². The fourth-order valence-electron chi connectivity index (χ4n) is 3.60. The van der Waals surface area contributed by atoms with E-state index in [4.69, 9.17) is 4.42 Å². The third-order valence-electron chi connectivity index (χ3n) is 5.38. The molecule has 1 saturated carbocycles. The van der Waals surface area contributed by atoms with Gasteiger partial charge in [0, 0.05) is 18.4 Å². The Balaban J connectivity index is 1.37. The van der Waals surface area contributed by atoms with E-state index in [-0.39, 0.29) is 23.7 Å². The Kier molecular flexibility index (Phi) is 4.72. The first kappa shape index (κ1) is 17.8. The molecule has 0 aromatic carbocycles. The van der Waals surface area contributed by atoms with Crippen LogP contribution in [0.2, 0.25) is 0 Å². The molecule has 0 bridgehead atoms. The highest BCUT2D eigenvalue weighted by Crippen LogP contribution is 2.29. The van der Waals surface area contributed by atoms with Crippen molar-refractivity contribution in [2.45, 2.75) is 58.7 Å². The Bertz CT molecular complexity index is 849. The van der Waals surface area contributed by atoms with E-state index in [2.05, 4.69) is 15.4 Å². The number of oxazole rings is 1. The van der Waals surface area contributed by atoms with Gasteiger partial charge in [0.1, 0.15) is 5.76 Å². The van der Waals surface area contributed by atoms with E-state index in [0.29, 0.717) is 37.6 Å². The Morgan fingerprint density at radius 2 is 2.15 bits per heavy atom. The summed E-state index contributed by atoms with van der Waals surface area (Å²) in [6.45, 7) is 6.22. The highest BCUT2D eigenvalue weighted by molar-refractivity contribution is 5.93. The predicted octanol–water partition coefficient (Wildman–Crippen LogP) is 2.07. The molecule has 3 heterocycles. The minimum atomic E-state index is -0.264. The number of nitrogens with one attached hydrogen (secondary N) is 1. The monoisotopic (exact) mass is 371 g/mol. The Hall–Kier alpha value is -2.64. The van der Waals surface area contributed by atoms with E-state index in [1.165, 1.54) is 6.39 Å². The number of carbonyl (C=O) groups is 2. The molecule has 2 aliphatic rings. The average Bonchev–Trinajstić information content (AvgIpc) is 3.23. The first-order valence-electron chi connectivity index (χ1n) is 9.59. The van der Waals surface area contributed by atoms with Crippen LogP contribution in [0.1, 0.15) is 66.7 Å². The van der Waals surface area contributed by atoms with Crippen LogP contribution in [-0.4, -0.2) is 38.0 Å². The van der Waals surface area contributed by atoms with Gasteiger partial charge < -0.3 is 14.6 Å². The van der Waals surface area contributed by atoms with Crippen LogP contribution in [0.15, 0.2) is 16.9 Å². The topological polar surface area (TPSA) is 93.3 Å². The smallest absolute Gasteiger partial charge is 0.273 e.